The Labute approximate surface area is 109 Å². The smallest absolute Gasteiger partial charge is 0.441 e. The minimum Gasteiger partial charge on any atom is -0.492 e. The van der Waals surface area contributed by atoms with Crippen molar-refractivity contribution in [3.8, 4) is 5.75 Å². The molecule has 0 saturated heterocycles. The van der Waals surface area contributed by atoms with Crippen molar-refractivity contribution >= 4 is 27.7 Å². The Morgan fingerprint density at radius 1 is 1.35 bits per heavy atom. The molecule has 0 atom stereocenters. The van der Waals surface area contributed by atoms with Gasteiger partial charge in [0.25, 0.3) is 0 Å². The van der Waals surface area contributed by atoms with Crippen molar-refractivity contribution in [2.45, 2.75) is 12.1 Å². The van der Waals surface area contributed by atoms with Crippen LogP contribution in [-0.2, 0) is 6.61 Å². The van der Waals surface area contributed by atoms with E-state index in [1.807, 2.05) is 0 Å². The number of ether oxygens (including phenoxy) is 1. The average molecular weight is 331 g/mol. The van der Waals surface area contributed by atoms with E-state index in [2.05, 4.69) is 15.9 Å². The number of thioether (sulfide) groups is 1. The molecule has 0 saturated carbocycles. The highest BCUT2D eigenvalue weighted by molar-refractivity contribution is 9.10. The quantitative estimate of drug-likeness (QED) is 0.837. The van der Waals surface area contributed by atoms with Crippen molar-refractivity contribution in [1.82, 2.24) is 0 Å². The molecular formula is C10H10BrF3O2S. The number of aliphatic hydroxyl groups is 1. The SMILES string of the molecule is OCc1cc(Br)ccc1OCCSC(F)(F)F. The molecule has 1 aromatic rings. The summed E-state index contributed by atoms with van der Waals surface area (Å²) < 4.78 is 41.5. The zero-order chi connectivity index (χ0) is 12.9. The number of hydrogen-bond acceptors (Lipinski definition) is 3. The first kappa shape index (κ1) is 14.7. The molecular weight excluding hydrogens is 321 g/mol. The van der Waals surface area contributed by atoms with Gasteiger partial charge in [-0.15, -0.1) is 0 Å². The van der Waals surface area contributed by atoms with Crippen LogP contribution < -0.4 is 4.74 Å². The Morgan fingerprint density at radius 3 is 2.65 bits per heavy atom. The second kappa shape index (κ2) is 6.51. The summed E-state index contributed by atoms with van der Waals surface area (Å²) in [6.07, 6.45) is 0. The van der Waals surface area contributed by atoms with Crippen LogP contribution >= 0.6 is 27.7 Å². The van der Waals surface area contributed by atoms with Crippen molar-refractivity contribution < 1.29 is 23.0 Å². The van der Waals surface area contributed by atoms with Gasteiger partial charge in [-0.3, -0.25) is 0 Å². The third-order valence-corrected chi connectivity index (χ3v) is 2.99. The lowest BCUT2D eigenvalue weighted by atomic mass is 10.2. The van der Waals surface area contributed by atoms with E-state index in [0.717, 1.165) is 4.47 Å². The van der Waals surface area contributed by atoms with Gasteiger partial charge in [0, 0.05) is 15.8 Å². The van der Waals surface area contributed by atoms with Crippen LogP contribution in [0, 0.1) is 0 Å². The van der Waals surface area contributed by atoms with Gasteiger partial charge in [0.15, 0.2) is 0 Å². The summed E-state index contributed by atoms with van der Waals surface area (Å²) in [4.78, 5) is 0. The molecule has 0 amide bonds. The van der Waals surface area contributed by atoms with Gasteiger partial charge in [-0.1, -0.05) is 15.9 Å². The van der Waals surface area contributed by atoms with E-state index >= 15 is 0 Å². The first-order chi connectivity index (χ1) is 7.92. The van der Waals surface area contributed by atoms with Crippen molar-refractivity contribution in [2.75, 3.05) is 12.4 Å². The molecule has 1 N–H and O–H groups in total. The van der Waals surface area contributed by atoms with Gasteiger partial charge >= 0.3 is 5.51 Å². The van der Waals surface area contributed by atoms with E-state index in [4.69, 9.17) is 9.84 Å². The highest BCUT2D eigenvalue weighted by atomic mass is 79.9. The van der Waals surface area contributed by atoms with Crippen LogP contribution in [0.25, 0.3) is 0 Å². The second-order valence-electron chi connectivity index (χ2n) is 3.05. The number of halogens is 4. The van der Waals surface area contributed by atoms with Crippen molar-refractivity contribution in [3.05, 3.63) is 28.2 Å². The van der Waals surface area contributed by atoms with Crippen LogP contribution in [0.3, 0.4) is 0 Å². The fourth-order valence-electron chi connectivity index (χ4n) is 1.12. The molecule has 0 bridgehead atoms. The molecule has 0 aliphatic heterocycles. The largest absolute Gasteiger partial charge is 0.492 e. The maximum atomic E-state index is 11.8. The molecule has 0 aliphatic rings. The Kier molecular flexibility index (Phi) is 5.61. The van der Waals surface area contributed by atoms with Gasteiger partial charge in [-0.05, 0) is 30.0 Å². The van der Waals surface area contributed by atoms with Crippen LogP contribution in [-0.4, -0.2) is 23.0 Å². The summed E-state index contributed by atoms with van der Waals surface area (Å²) >= 11 is 3.10. The highest BCUT2D eigenvalue weighted by Gasteiger charge is 2.27. The van der Waals surface area contributed by atoms with E-state index in [1.165, 1.54) is 0 Å². The Hall–Kier alpha value is -0.400. The van der Waals surface area contributed by atoms with E-state index in [0.29, 0.717) is 11.3 Å². The standard InChI is InChI=1S/C10H10BrF3O2S/c11-8-1-2-9(7(5-8)6-15)16-3-4-17-10(12,13)14/h1-2,5,15H,3-4,6H2. The zero-order valence-electron chi connectivity index (χ0n) is 8.63. The monoisotopic (exact) mass is 330 g/mol. The normalized spacial score (nSPS) is 11.6. The van der Waals surface area contributed by atoms with Crippen molar-refractivity contribution in [3.63, 3.8) is 0 Å². The van der Waals surface area contributed by atoms with Gasteiger partial charge in [-0.2, -0.15) is 13.2 Å². The van der Waals surface area contributed by atoms with Crippen LogP contribution in [0.1, 0.15) is 5.56 Å². The molecule has 96 valence electrons. The van der Waals surface area contributed by atoms with Gasteiger partial charge in [0.1, 0.15) is 5.75 Å². The lowest BCUT2D eigenvalue weighted by Crippen LogP contribution is -2.08. The first-order valence-electron chi connectivity index (χ1n) is 4.65. The van der Waals surface area contributed by atoms with Crippen LogP contribution in [0.5, 0.6) is 5.75 Å². The molecule has 0 radical (unpaired) electrons. The van der Waals surface area contributed by atoms with Gasteiger partial charge in [-0.25, -0.2) is 0 Å². The fourth-order valence-corrected chi connectivity index (χ4v) is 1.93. The molecule has 1 rings (SSSR count). The topological polar surface area (TPSA) is 29.5 Å². The molecule has 1 aromatic carbocycles. The van der Waals surface area contributed by atoms with Crippen molar-refractivity contribution in [2.24, 2.45) is 0 Å². The highest BCUT2D eigenvalue weighted by Crippen LogP contribution is 2.30. The Balaban J connectivity index is 2.46. The van der Waals surface area contributed by atoms with Gasteiger partial charge in [0.05, 0.1) is 13.2 Å². The van der Waals surface area contributed by atoms with E-state index in [9.17, 15) is 13.2 Å². The van der Waals surface area contributed by atoms with E-state index < -0.39 is 5.51 Å². The third-order valence-electron chi connectivity index (χ3n) is 1.80. The molecule has 0 aliphatic carbocycles. The number of benzene rings is 1. The van der Waals surface area contributed by atoms with Crippen molar-refractivity contribution in [1.29, 1.82) is 0 Å². The average Bonchev–Trinajstić information content (AvgIpc) is 2.24. The predicted octanol–water partition coefficient (Wildman–Crippen LogP) is 3.57. The molecule has 0 spiro atoms. The molecule has 2 nitrogen and oxygen atoms in total. The lowest BCUT2D eigenvalue weighted by Gasteiger charge is -2.11. The maximum Gasteiger partial charge on any atom is 0.441 e. The number of rotatable bonds is 5. The van der Waals surface area contributed by atoms with E-state index in [-0.39, 0.29) is 30.7 Å². The number of alkyl halides is 3. The summed E-state index contributed by atoms with van der Waals surface area (Å²) in [5.74, 6) is 0.225. The molecule has 17 heavy (non-hydrogen) atoms. The Morgan fingerprint density at radius 2 is 2.06 bits per heavy atom. The molecule has 0 heterocycles. The summed E-state index contributed by atoms with van der Waals surface area (Å²) in [6.45, 7) is -0.278. The van der Waals surface area contributed by atoms with E-state index in [1.54, 1.807) is 18.2 Å². The maximum absolute atomic E-state index is 11.8. The fraction of sp³-hybridized carbons (Fsp3) is 0.400. The third kappa shape index (κ3) is 5.65. The van der Waals surface area contributed by atoms with Crippen LogP contribution in [0.15, 0.2) is 22.7 Å². The minimum atomic E-state index is -4.23. The number of hydrogen-bond donors (Lipinski definition) is 1. The Bertz CT molecular complexity index is 371. The zero-order valence-corrected chi connectivity index (χ0v) is 11.0. The lowest BCUT2D eigenvalue weighted by molar-refractivity contribution is -0.0329. The van der Waals surface area contributed by atoms with Gasteiger partial charge in [0.2, 0.25) is 0 Å². The first-order valence-corrected chi connectivity index (χ1v) is 6.43. The minimum absolute atomic E-state index is 0.0567. The summed E-state index contributed by atoms with van der Waals surface area (Å²) in [6, 6.07) is 4.96. The molecule has 0 unspecified atom stereocenters. The molecule has 0 aromatic heterocycles. The van der Waals surface area contributed by atoms with Crippen LogP contribution in [0.2, 0.25) is 0 Å². The van der Waals surface area contributed by atoms with Crippen LogP contribution in [0.4, 0.5) is 13.2 Å². The number of aliphatic hydroxyl groups excluding tert-OH is 1. The molecule has 0 fully saturated rings. The predicted molar refractivity (Wildman–Crippen MR) is 64.1 cm³/mol. The second-order valence-corrected chi connectivity index (χ2v) is 5.13. The molecule has 7 heteroatoms. The van der Waals surface area contributed by atoms with Gasteiger partial charge < -0.3 is 9.84 Å². The summed E-state index contributed by atoms with van der Waals surface area (Å²) in [5.41, 5.74) is -3.69. The summed E-state index contributed by atoms with van der Waals surface area (Å²) in [7, 11) is 0. The summed E-state index contributed by atoms with van der Waals surface area (Å²) in [5, 5.41) is 9.04.